The van der Waals surface area contributed by atoms with Gasteiger partial charge < -0.3 is 4.74 Å². The molecule has 86 valence electrons. The predicted molar refractivity (Wildman–Crippen MR) is 55.3 cm³/mol. The Morgan fingerprint density at radius 3 is 2.47 bits per heavy atom. The van der Waals surface area contributed by atoms with E-state index in [1.165, 1.54) is 12.1 Å². The third-order valence-electron chi connectivity index (χ3n) is 2.18. The maximum Gasteiger partial charge on any atom is 0.573 e. The number of benzene rings is 2. The lowest BCUT2D eigenvalue weighted by atomic mass is 10.1. The van der Waals surface area contributed by atoms with Crippen molar-refractivity contribution >= 4 is 10.8 Å². The molecule has 2 nitrogen and oxygen atoms in total. The predicted octanol–water partition coefficient (Wildman–Crippen LogP) is 3.61. The van der Waals surface area contributed by atoms with Crippen LogP contribution in [0, 0.1) is 11.3 Å². The van der Waals surface area contributed by atoms with Gasteiger partial charge in [0.2, 0.25) is 0 Å². The second-order valence-electron chi connectivity index (χ2n) is 3.36. The van der Waals surface area contributed by atoms with Crippen molar-refractivity contribution in [3.05, 3.63) is 42.0 Å². The van der Waals surface area contributed by atoms with Gasteiger partial charge in [-0.05, 0) is 17.5 Å². The average molecular weight is 237 g/mol. The fourth-order valence-electron chi connectivity index (χ4n) is 1.55. The Kier molecular flexibility index (Phi) is 2.64. The van der Waals surface area contributed by atoms with Crippen molar-refractivity contribution < 1.29 is 17.9 Å². The third-order valence-corrected chi connectivity index (χ3v) is 2.18. The number of rotatable bonds is 1. The van der Waals surface area contributed by atoms with Crippen molar-refractivity contribution in [1.82, 2.24) is 0 Å². The van der Waals surface area contributed by atoms with E-state index in [2.05, 4.69) is 4.74 Å². The van der Waals surface area contributed by atoms with Gasteiger partial charge in [0.15, 0.2) is 0 Å². The zero-order chi connectivity index (χ0) is 12.5. The Labute approximate surface area is 94.8 Å². The molecule has 0 bridgehead atoms. The number of nitrogens with zero attached hydrogens (tertiary/aromatic N) is 1. The molecular formula is C12H6F3NO. The van der Waals surface area contributed by atoms with E-state index in [1.54, 1.807) is 24.3 Å². The zero-order valence-corrected chi connectivity index (χ0v) is 8.45. The van der Waals surface area contributed by atoms with E-state index in [4.69, 9.17) is 5.26 Å². The van der Waals surface area contributed by atoms with Crippen molar-refractivity contribution in [2.75, 3.05) is 0 Å². The summed E-state index contributed by atoms with van der Waals surface area (Å²) in [7, 11) is 0. The summed E-state index contributed by atoms with van der Waals surface area (Å²) in [6.07, 6.45) is -4.77. The smallest absolute Gasteiger partial charge is 0.405 e. The molecule has 5 heteroatoms. The molecule has 2 aromatic carbocycles. The quantitative estimate of drug-likeness (QED) is 0.759. The molecule has 0 unspecified atom stereocenters. The average Bonchev–Trinajstić information content (AvgIpc) is 2.26. The SMILES string of the molecule is N#Cc1cc(OC(F)(F)F)c2ccccc2c1. The molecule has 2 rings (SSSR count). The molecular weight excluding hydrogens is 231 g/mol. The minimum Gasteiger partial charge on any atom is -0.405 e. The number of fused-ring (bicyclic) bond motifs is 1. The summed E-state index contributed by atoms with van der Waals surface area (Å²) in [5.41, 5.74) is 0.128. The molecule has 0 aliphatic rings. The van der Waals surface area contributed by atoms with Gasteiger partial charge in [-0.15, -0.1) is 13.2 Å². The molecule has 17 heavy (non-hydrogen) atoms. The van der Waals surface area contributed by atoms with E-state index in [1.807, 2.05) is 0 Å². The summed E-state index contributed by atoms with van der Waals surface area (Å²) in [6, 6.07) is 10.8. The van der Waals surface area contributed by atoms with Crippen LogP contribution in [0.2, 0.25) is 0 Å². The van der Waals surface area contributed by atoms with Crippen LogP contribution in [0.4, 0.5) is 13.2 Å². The number of hydrogen-bond donors (Lipinski definition) is 0. The lowest BCUT2D eigenvalue weighted by Gasteiger charge is -2.11. The van der Waals surface area contributed by atoms with Gasteiger partial charge in [0, 0.05) is 5.39 Å². The number of hydrogen-bond acceptors (Lipinski definition) is 2. The van der Waals surface area contributed by atoms with Crippen molar-refractivity contribution in [2.24, 2.45) is 0 Å². The Bertz CT molecular complexity index is 599. The molecule has 0 saturated heterocycles. The van der Waals surface area contributed by atoms with E-state index in [0.29, 0.717) is 10.8 Å². The largest absolute Gasteiger partial charge is 0.573 e. The van der Waals surface area contributed by atoms with Gasteiger partial charge in [0.25, 0.3) is 0 Å². The Morgan fingerprint density at radius 1 is 1.12 bits per heavy atom. The first-order valence-electron chi connectivity index (χ1n) is 4.68. The summed E-state index contributed by atoms with van der Waals surface area (Å²) in [6.45, 7) is 0. The highest BCUT2D eigenvalue weighted by Gasteiger charge is 2.31. The summed E-state index contributed by atoms with van der Waals surface area (Å²) in [5.74, 6) is -0.354. The standard InChI is InChI=1S/C12H6F3NO/c13-12(14,15)17-11-6-8(7-16)5-9-3-1-2-4-10(9)11/h1-6H. The van der Waals surface area contributed by atoms with Gasteiger partial charge in [0.05, 0.1) is 11.6 Å². The normalized spacial score (nSPS) is 11.2. The first kappa shape index (κ1) is 11.3. The van der Waals surface area contributed by atoms with Gasteiger partial charge in [0.1, 0.15) is 5.75 Å². The summed E-state index contributed by atoms with van der Waals surface area (Å²) in [5, 5.41) is 9.59. The second kappa shape index (κ2) is 3.98. The van der Waals surface area contributed by atoms with E-state index in [9.17, 15) is 13.2 Å². The highest BCUT2D eigenvalue weighted by atomic mass is 19.4. The first-order valence-corrected chi connectivity index (χ1v) is 4.68. The van der Waals surface area contributed by atoms with Crippen LogP contribution in [0.25, 0.3) is 10.8 Å². The lowest BCUT2D eigenvalue weighted by Crippen LogP contribution is -2.17. The number of nitriles is 1. The van der Waals surface area contributed by atoms with Gasteiger partial charge in [-0.3, -0.25) is 0 Å². The van der Waals surface area contributed by atoms with Crippen molar-refractivity contribution in [3.63, 3.8) is 0 Å². The maximum atomic E-state index is 12.2. The van der Waals surface area contributed by atoms with Crippen LogP contribution in [0.3, 0.4) is 0 Å². The van der Waals surface area contributed by atoms with E-state index in [0.717, 1.165) is 6.07 Å². The second-order valence-corrected chi connectivity index (χ2v) is 3.36. The first-order chi connectivity index (χ1) is 7.99. The van der Waals surface area contributed by atoms with Gasteiger partial charge in [-0.2, -0.15) is 5.26 Å². The third kappa shape index (κ3) is 2.48. The molecule has 0 fully saturated rings. The van der Waals surface area contributed by atoms with Crippen LogP contribution in [0.1, 0.15) is 5.56 Å². The maximum absolute atomic E-state index is 12.2. The molecule has 0 heterocycles. The molecule has 0 N–H and O–H groups in total. The summed E-state index contributed by atoms with van der Waals surface area (Å²) in [4.78, 5) is 0. The molecule has 0 spiro atoms. The molecule has 0 radical (unpaired) electrons. The van der Waals surface area contributed by atoms with Crippen LogP contribution in [-0.4, -0.2) is 6.36 Å². The Balaban J connectivity index is 2.64. The Hall–Kier alpha value is -2.22. The topological polar surface area (TPSA) is 33.0 Å². The van der Waals surface area contributed by atoms with Crippen LogP contribution in [0.15, 0.2) is 36.4 Å². The minimum absolute atomic E-state index is 0.128. The van der Waals surface area contributed by atoms with E-state index < -0.39 is 6.36 Å². The molecule has 0 aliphatic carbocycles. The molecule has 0 aromatic heterocycles. The van der Waals surface area contributed by atoms with Crippen LogP contribution in [-0.2, 0) is 0 Å². The van der Waals surface area contributed by atoms with Crippen molar-refractivity contribution in [3.8, 4) is 11.8 Å². The highest BCUT2D eigenvalue weighted by molar-refractivity contribution is 5.89. The van der Waals surface area contributed by atoms with Crippen molar-refractivity contribution in [1.29, 1.82) is 5.26 Å². The molecule has 0 amide bonds. The van der Waals surface area contributed by atoms with E-state index >= 15 is 0 Å². The minimum atomic E-state index is -4.77. The van der Waals surface area contributed by atoms with Crippen LogP contribution in [0.5, 0.6) is 5.75 Å². The molecule has 0 saturated carbocycles. The fourth-order valence-corrected chi connectivity index (χ4v) is 1.55. The molecule has 0 atom stereocenters. The lowest BCUT2D eigenvalue weighted by molar-refractivity contribution is -0.274. The number of halogens is 3. The van der Waals surface area contributed by atoms with E-state index in [-0.39, 0.29) is 11.3 Å². The number of alkyl halides is 3. The van der Waals surface area contributed by atoms with Gasteiger partial charge >= 0.3 is 6.36 Å². The van der Waals surface area contributed by atoms with Crippen molar-refractivity contribution in [2.45, 2.75) is 6.36 Å². The number of ether oxygens (including phenoxy) is 1. The summed E-state index contributed by atoms with van der Waals surface area (Å²) >= 11 is 0. The van der Waals surface area contributed by atoms with Gasteiger partial charge in [-0.1, -0.05) is 24.3 Å². The fraction of sp³-hybridized carbons (Fsp3) is 0.0833. The molecule has 2 aromatic rings. The Morgan fingerprint density at radius 2 is 1.82 bits per heavy atom. The molecule has 0 aliphatic heterocycles. The summed E-state index contributed by atoms with van der Waals surface area (Å²) < 4.78 is 40.5. The monoisotopic (exact) mass is 237 g/mol. The van der Waals surface area contributed by atoms with Crippen LogP contribution < -0.4 is 4.74 Å². The van der Waals surface area contributed by atoms with Crippen LogP contribution >= 0.6 is 0 Å². The van der Waals surface area contributed by atoms with Gasteiger partial charge in [-0.25, -0.2) is 0 Å². The zero-order valence-electron chi connectivity index (χ0n) is 8.45. The highest BCUT2D eigenvalue weighted by Crippen LogP contribution is 2.31.